The highest BCUT2D eigenvalue weighted by Crippen LogP contribution is 2.28. The topological polar surface area (TPSA) is 102 Å². The normalized spacial score (nSPS) is 11.5. The van der Waals surface area contributed by atoms with E-state index in [1.165, 1.54) is 0 Å². The maximum atomic E-state index is 12.5. The predicted octanol–water partition coefficient (Wildman–Crippen LogP) is 3.89. The summed E-state index contributed by atoms with van der Waals surface area (Å²) in [5.74, 6) is -0.114. The number of carboxylic acid groups (broad SMARTS) is 1. The van der Waals surface area contributed by atoms with Gasteiger partial charge in [0.15, 0.2) is 0 Å². The summed E-state index contributed by atoms with van der Waals surface area (Å²) in [6, 6.07) is 17.4. The van der Waals surface area contributed by atoms with Crippen molar-refractivity contribution in [3.63, 3.8) is 0 Å². The molecule has 3 N–H and O–H groups in total. The SMILES string of the molecule is CC(C)CC(C(=O)NCC#N)c1cccc(-c2ccc(CNC(=O)O)cc2)c1. The molecule has 0 heterocycles. The Hall–Kier alpha value is -3.33. The molecule has 0 aliphatic carbocycles. The van der Waals surface area contributed by atoms with Gasteiger partial charge in [0.05, 0.1) is 12.0 Å². The molecule has 2 rings (SSSR count). The standard InChI is InChI=1S/C22H25N3O3/c1-15(2)12-20(21(26)24-11-10-23)19-5-3-4-18(13-19)17-8-6-16(7-9-17)14-25-22(27)28/h3-9,13,15,20,25H,11-12,14H2,1-2H3,(H,24,26)(H,27,28). The van der Waals surface area contributed by atoms with Crippen molar-refractivity contribution in [3.8, 4) is 17.2 Å². The molecule has 0 saturated carbocycles. The number of carbonyl (C=O) groups excluding carboxylic acids is 1. The van der Waals surface area contributed by atoms with Crippen LogP contribution in [0.1, 0.15) is 37.3 Å². The van der Waals surface area contributed by atoms with E-state index in [1.807, 2.05) is 54.6 Å². The average Bonchev–Trinajstić information content (AvgIpc) is 2.69. The minimum atomic E-state index is -1.05. The smallest absolute Gasteiger partial charge is 0.404 e. The molecule has 6 nitrogen and oxygen atoms in total. The van der Waals surface area contributed by atoms with Gasteiger partial charge in [-0.25, -0.2) is 4.79 Å². The first-order chi connectivity index (χ1) is 13.4. The molecule has 1 atom stereocenters. The molecule has 0 saturated heterocycles. The predicted molar refractivity (Wildman–Crippen MR) is 108 cm³/mol. The van der Waals surface area contributed by atoms with E-state index in [0.29, 0.717) is 12.3 Å². The van der Waals surface area contributed by atoms with Crippen LogP contribution in [0.2, 0.25) is 0 Å². The first-order valence-corrected chi connectivity index (χ1v) is 9.21. The number of benzene rings is 2. The third-order valence-electron chi connectivity index (χ3n) is 4.39. The van der Waals surface area contributed by atoms with E-state index >= 15 is 0 Å². The van der Waals surface area contributed by atoms with E-state index in [4.69, 9.17) is 10.4 Å². The van der Waals surface area contributed by atoms with Crippen LogP contribution < -0.4 is 10.6 Å². The summed E-state index contributed by atoms with van der Waals surface area (Å²) in [7, 11) is 0. The van der Waals surface area contributed by atoms with Gasteiger partial charge >= 0.3 is 6.09 Å². The molecule has 146 valence electrons. The van der Waals surface area contributed by atoms with Crippen molar-refractivity contribution in [2.75, 3.05) is 6.54 Å². The molecular weight excluding hydrogens is 354 g/mol. The summed E-state index contributed by atoms with van der Waals surface area (Å²) in [5, 5.41) is 22.4. The Balaban J connectivity index is 2.24. The molecule has 2 aromatic carbocycles. The zero-order valence-corrected chi connectivity index (χ0v) is 16.1. The lowest BCUT2D eigenvalue weighted by Gasteiger charge is -2.19. The van der Waals surface area contributed by atoms with E-state index in [-0.39, 0.29) is 24.9 Å². The summed E-state index contributed by atoms with van der Waals surface area (Å²) >= 11 is 0. The van der Waals surface area contributed by atoms with E-state index < -0.39 is 6.09 Å². The molecule has 0 fully saturated rings. The van der Waals surface area contributed by atoms with Crippen molar-refractivity contribution in [1.82, 2.24) is 10.6 Å². The molecule has 0 aliphatic rings. The summed E-state index contributed by atoms with van der Waals surface area (Å²) in [6.07, 6.45) is -0.358. The fourth-order valence-corrected chi connectivity index (χ4v) is 3.04. The molecule has 0 radical (unpaired) electrons. The molecule has 0 aliphatic heterocycles. The van der Waals surface area contributed by atoms with Gasteiger partial charge in [0.25, 0.3) is 0 Å². The molecular formula is C22H25N3O3. The molecule has 0 bridgehead atoms. The Kier molecular flexibility index (Phi) is 7.58. The molecule has 0 spiro atoms. The maximum absolute atomic E-state index is 12.5. The van der Waals surface area contributed by atoms with Gasteiger partial charge < -0.3 is 15.7 Å². The van der Waals surface area contributed by atoms with E-state index in [1.54, 1.807) is 0 Å². The minimum Gasteiger partial charge on any atom is -0.465 e. The second-order valence-electron chi connectivity index (χ2n) is 7.04. The van der Waals surface area contributed by atoms with Crippen molar-refractivity contribution in [2.45, 2.75) is 32.7 Å². The zero-order valence-electron chi connectivity index (χ0n) is 16.1. The van der Waals surface area contributed by atoms with Crippen LogP contribution in [-0.4, -0.2) is 23.7 Å². The number of rotatable bonds is 8. The lowest BCUT2D eigenvalue weighted by atomic mass is 9.88. The van der Waals surface area contributed by atoms with Gasteiger partial charge in [0.1, 0.15) is 6.54 Å². The van der Waals surface area contributed by atoms with Crippen molar-refractivity contribution < 1.29 is 14.7 Å². The Morgan fingerprint density at radius 3 is 2.39 bits per heavy atom. The summed E-state index contributed by atoms with van der Waals surface area (Å²) < 4.78 is 0. The monoisotopic (exact) mass is 379 g/mol. The van der Waals surface area contributed by atoms with Gasteiger partial charge in [-0.15, -0.1) is 0 Å². The van der Waals surface area contributed by atoms with Crippen molar-refractivity contribution in [1.29, 1.82) is 5.26 Å². The van der Waals surface area contributed by atoms with Gasteiger partial charge in [-0.1, -0.05) is 62.4 Å². The number of hydrogen-bond donors (Lipinski definition) is 3. The summed E-state index contributed by atoms with van der Waals surface area (Å²) in [4.78, 5) is 23.1. The third kappa shape index (κ3) is 6.13. The summed E-state index contributed by atoms with van der Waals surface area (Å²) in [5.41, 5.74) is 3.76. The molecule has 1 unspecified atom stereocenters. The van der Waals surface area contributed by atoms with Crippen LogP contribution in [-0.2, 0) is 11.3 Å². The highest BCUT2D eigenvalue weighted by atomic mass is 16.4. The van der Waals surface area contributed by atoms with Gasteiger partial charge in [-0.05, 0) is 34.6 Å². The second kappa shape index (κ2) is 10.1. The fourth-order valence-electron chi connectivity index (χ4n) is 3.04. The number of nitriles is 1. The highest BCUT2D eigenvalue weighted by Gasteiger charge is 2.22. The Labute approximate surface area is 165 Å². The first kappa shape index (κ1) is 21.0. The van der Waals surface area contributed by atoms with Crippen LogP contribution in [0, 0.1) is 17.2 Å². The lowest BCUT2D eigenvalue weighted by molar-refractivity contribution is -0.122. The van der Waals surface area contributed by atoms with Crippen molar-refractivity contribution in [2.24, 2.45) is 5.92 Å². The molecule has 0 aromatic heterocycles. The number of amides is 2. The number of hydrogen-bond acceptors (Lipinski definition) is 3. The molecule has 2 aromatic rings. The van der Waals surface area contributed by atoms with Crippen LogP contribution >= 0.6 is 0 Å². The second-order valence-corrected chi connectivity index (χ2v) is 7.04. The van der Waals surface area contributed by atoms with Crippen LogP contribution in [0.4, 0.5) is 4.79 Å². The molecule has 6 heteroatoms. The maximum Gasteiger partial charge on any atom is 0.404 e. The van der Waals surface area contributed by atoms with Gasteiger partial charge in [0, 0.05) is 6.54 Å². The molecule has 28 heavy (non-hydrogen) atoms. The van der Waals surface area contributed by atoms with Crippen molar-refractivity contribution >= 4 is 12.0 Å². The lowest BCUT2D eigenvalue weighted by Crippen LogP contribution is -2.30. The zero-order chi connectivity index (χ0) is 20.5. The number of carbonyl (C=O) groups is 2. The molecule has 2 amide bonds. The van der Waals surface area contributed by atoms with Crippen LogP contribution in [0.15, 0.2) is 48.5 Å². The van der Waals surface area contributed by atoms with Gasteiger partial charge in [-0.3, -0.25) is 4.79 Å². The van der Waals surface area contributed by atoms with Crippen molar-refractivity contribution in [3.05, 3.63) is 59.7 Å². The Morgan fingerprint density at radius 1 is 1.07 bits per heavy atom. The van der Waals surface area contributed by atoms with Gasteiger partial charge in [0.2, 0.25) is 5.91 Å². The number of nitrogens with zero attached hydrogens (tertiary/aromatic N) is 1. The summed E-state index contributed by atoms with van der Waals surface area (Å²) in [6.45, 7) is 4.39. The van der Waals surface area contributed by atoms with E-state index in [0.717, 1.165) is 22.3 Å². The quantitative estimate of drug-likeness (QED) is 0.606. The van der Waals surface area contributed by atoms with Gasteiger partial charge in [-0.2, -0.15) is 5.26 Å². The Bertz CT molecular complexity index is 854. The largest absolute Gasteiger partial charge is 0.465 e. The average molecular weight is 379 g/mol. The first-order valence-electron chi connectivity index (χ1n) is 9.21. The Morgan fingerprint density at radius 2 is 1.79 bits per heavy atom. The minimum absolute atomic E-state index is 0.00103. The number of nitrogens with one attached hydrogen (secondary N) is 2. The van der Waals surface area contributed by atoms with E-state index in [2.05, 4.69) is 24.5 Å². The van der Waals surface area contributed by atoms with Crippen LogP contribution in [0.3, 0.4) is 0 Å². The highest BCUT2D eigenvalue weighted by molar-refractivity contribution is 5.84. The third-order valence-corrected chi connectivity index (χ3v) is 4.39. The van der Waals surface area contributed by atoms with E-state index in [9.17, 15) is 9.59 Å². The van der Waals surface area contributed by atoms with Crippen LogP contribution in [0.5, 0.6) is 0 Å². The van der Waals surface area contributed by atoms with Crippen LogP contribution in [0.25, 0.3) is 11.1 Å². The fraction of sp³-hybridized carbons (Fsp3) is 0.318.